The lowest BCUT2D eigenvalue weighted by molar-refractivity contribution is 0.0972. The predicted octanol–water partition coefficient (Wildman–Crippen LogP) is 3.94. The summed E-state index contributed by atoms with van der Waals surface area (Å²) in [5, 5.41) is 0. The van der Waals surface area contributed by atoms with Crippen molar-refractivity contribution in [3.05, 3.63) is 35.9 Å². The first-order valence-corrected chi connectivity index (χ1v) is 6.36. The third kappa shape index (κ3) is 2.18. The zero-order valence-electron chi connectivity index (χ0n) is 10.1. The van der Waals surface area contributed by atoms with Crippen LogP contribution in [0.2, 0.25) is 0 Å². The van der Waals surface area contributed by atoms with Crippen molar-refractivity contribution in [1.29, 1.82) is 0 Å². The average molecular weight is 216 g/mol. The molecule has 1 saturated carbocycles. The third-order valence-corrected chi connectivity index (χ3v) is 3.97. The second-order valence-electron chi connectivity index (χ2n) is 4.80. The quantitative estimate of drug-likeness (QED) is 0.681. The van der Waals surface area contributed by atoms with E-state index in [9.17, 15) is 4.79 Å². The Morgan fingerprint density at radius 1 is 1.00 bits per heavy atom. The Bertz CT molecular complexity index is 345. The van der Waals surface area contributed by atoms with E-state index in [4.69, 9.17) is 0 Å². The van der Waals surface area contributed by atoms with E-state index in [1.165, 1.54) is 12.8 Å². The molecule has 1 aliphatic rings. The van der Waals surface area contributed by atoms with Crippen LogP contribution in [0, 0.1) is 17.8 Å². The van der Waals surface area contributed by atoms with Crippen LogP contribution in [0.1, 0.15) is 43.5 Å². The van der Waals surface area contributed by atoms with Crippen LogP contribution < -0.4 is 0 Å². The molecular formula is C15H20O. The van der Waals surface area contributed by atoms with Gasteiger partial charge in [0.1, 0.15) is 0 Å². The lowest BCUT2D eigenvalue weighted by atomic mass is 10.0. The van der Waals surface area contributed by atoms with E-state index in [0.29, 0.717) is 11.7 Å². The second kappa shape index (κ2) is 4.82. The van der Waals surface area contributed by atoms with Crippen LogP contribution in [-0.4, -0.2) is 5.78 Å². The second-order valence-corrected chi connectivity index (χ2v) is 4.80. The predicted molar refractivity (Wildman–Crippen MR) is 66.4 cm³/mol. The summed E-state index contributed by atoms with van der Waals surface area (Å²) < 4.78 is 0. The van der Waals surface area contributed by atoms with E-state index in [-0.39, 0.29) is 0 Å². The zero-order chi connectivity index (χ0) is 11.5. The molecule has 0 aromatic heterocycles. The van der Waals surface area contributed by atoms with Gasteiger partial charge >= 0.3 is 0 Å². The van der Waals surface area contributed by atoms with Crippen molar-refractivity contribution < 1.29 is 4.79 Å². The van der Waals surface area contributed by atoms with Gasteiger partial charge in [-0.3, -0.25) is 4.79 Å². The summed E-state index contributed by atoms with van der Waals surface area (Å²) in [5.74, 6) is 2.58. The minimum absolute atomic E-state index is 0.319. The Labute approximate surface area is 97.9 Å². The molecule has 2 unspecified atom stereocenters. The maximum atomic E-state index is 12.0. The van der Waals surface area contributed by atoms with Crippen molar-refractivity contribution in [2.45, 2.75) is 33.1 Å². The number of hydrogen-bond acceptors (Lipinski definition) is 1. The molecule has 1 aromatic rings. The Kier molecular flexibility index (Phi) is 3.42. The van der Waals surface area contributed by atoms with E-state index in [0.717, 1.165) is 23.8 Å². The van der Waals surface area contributed by atoms with Gasteiger partial charge in [0.15, 0.2) is 5.78 Å². The minimum atomic E-state index is 0.319. The number of ketones is 1. The molecule has 0 heterocycles. The van der Waals surface area contributed by atoms with E-state index < -0.39 is 0 Å². The van der Waals surface area contributed by atoms with Gasteiger partial charge in [-0.05, 0) is 17.8 Å². The molecule has 1 nitrogen and oxygen atoms in total. The lowest BCUT2D eigenvalue weighted by Crippen LogP contribution is -2.01. The normalized spacial score (nSPS) is 27.8. The van der Waals surface area contributed by atoms with Gasteiger partial charge in [-0.1, -0.05) is 57.0 Å². The number of benzene rings is 1. The van der Waals surface area contributed by atoms with Crippen LogP contribution in [0.4, 0.5) is 0 Å². The molecule has 1 fully saturated rings. The fourth-order valence-corrected chi connectivity index (χ4v) is 2.99. The number of hydrogen-bond donors (Lipinski definition) is 0. The molecule has 2 atom stereocenters. The van der Waals surface area contributed by atoms with E-state index in [1.807, 2.05) is 30.3 Å². The van der Waals surface area contributed by atoms with Crippen LogP contribution in [0.25, 0.3) is 0 Å². The van der Waals surface area contributed by atoms with Crippen molar-refractivity contribution in [2.24, 2.45) is 17.8 Å². The van der Waals surface area contributed by atoms with Gasteiger partial charge in [0.2, 0.25) is 0 Å². The minimum Gasteiger partial charge on any atom is -0.294 e. The first-order valence-electron chi connectivity index (χ1n) is 6.36. The number of Topliss-reactive ketones (excluding diaryl/α,β-unsaturated/α-hetero) is 1. The average Bonchev–Trinajstić information content (AvgIpc) is 3.02. The molecule has 0 amide bonds. The SMILES string of the molecule is CCC1C(CC)C1CC(=O)c1ccccc1. The molecular weight excluding hydrogens is 196 g/mol. The van der Waals surface area contributed by atoms with Gasteiger partial charge < -0.3 is 0 Å². The van der Waals surface area contributed by atoms with Crippen LogP contribution in [0.3, 0.4) is 0 Å². The van der Waals surface area contributed by atoms with Crippen molar-refractivity contribution in [1.82, 2.24) is 0 Å². The molecule has 0 aliphatic heterocycles. The highest BCUT2D eigenvalue weighted by Gasteiger charge is 2.47. The molecule has 1 aliphatic carbocycles. The fourth-order valence-electron chi connectivity index (χ4n) is 2.99. The van der Waals surface area contributed by atoms with Crippen LogP contribution in [-0.2, 0) is 0 Å². The summed E-state index contributed by atoms with van der Waals surface area (Å²) in [4.78, 5) is 12.0. The van der Waals surface area contributed by atoms with Gasteiger partial charge in [-0.15, -0.1) is 0 Å². The highest BCUT2D eigenvalue weighted by Crippen LogP contribution is 2.52. The molecule has 2 rings (SSSR count). The summed E-state index contributed by atoms with van der Waals surface area (Å²) in [7, 11) is 0. The third-order valence-electron chi connectivity index (χ3n) is 3.97. The lowest BCUT2D eigenvalue weighted by Gasteiger charge is -1.99. The fraction of sp³-hybridized carbons (Fsp3) is 0.533. The topological polar surface area (TPSA) is 17.1 Å². The van der Waals surface area contributed by atoms with E-state index in [2.05, 4.69) is 13.8 Å². The Morgan fingerprint density at radius 3 is 2.06 bits per heavy atom. The smallest absolute Gasteiger partial charge is 0.163 e. The summed E-state index contributed by atoms with van der Waals surface area (Å²) in [6.45, 7) is 4.47. The van der Waals surface area contributed by atoms with Crippen LogP contribution >= 0.6 is 0 Å². The highest BCUT2D eigenvalue weighted by molar-refractivity contribution is 5.96. The maximum Gasteiger partial charge on any atom is 0.163 e. The number of carbonyl (C=O) groups excluding carboxylic acids is 1. The van der Waals surface area contributed by atoms with Crippen molar-refractivity contribution >= 4 is 5.78 Å². The van der Waals surface area contributed by atoms with Gasteiger partial charge in [0, 0.05) is 12.0 Å². The van der Waals surface area contributed by atoms with Gasteiger partial charge in [0.05, 0.1) is 0 Å². The monoisotopic (exact) mass is 216 g/mol. The largest absolute Gasteiger partial charge is 0.294 e. The standard InChI is InChI=1S/C15H20O/c1-3-12-13(4-2)14(12)10-15(16)11-8-6-5-7-9-11/h5-9,12-14H,3-4,10H2,1-2H3. The molecule has 86 valence electrons. The molecule has 0 bridgehead atoms. The van der Waals surface area contributed by atoms with E-state index >= 15 is 0 Å². The molecule has 0 saturated heterocycles. The van der Waals surface area contributed by atoms with Crippen LogP contribution in [0.15, 0.2) is 30.3 Å². The molecule has 1 heteroatoms. The molecule has 0 spiro atoms. The molecule has 1 aromatic carbocycles. The van der Waals surface area contributed by atoms with Crippen molar-refractivity contribution in [2.75, 3.05) is 0 Å². The summed E-state index contributed by atoms with van der Waals surface area (Å²) >= 11 is 0. The first-order chi connectivity index (χ1) is 7.77. The van der Waals surface area contributed by atoms with Crippen molar-refractivity contribution in [3.63, 3.8) is 0 Å². The summed E-state index contributed by atoms with van der Waals surface area (Å²) in [6.07, 6.45) is 3.21. The van der Waals surface area contributed by atoms with Crippen molar-refractivity contribution in [3.8, 4) is 0 Å². The number of rotatable bonds is 5. The maximum absolute atomic E-state index is 12.0. The highest BCUT2D eigenvalue weighted by atomic mass is 16.1. The van der Waals surface area contributed by atoms with Gasteiger partial charge in [-0.2, -0.15) is 0 Å². The Hall–Kier alpha value is -1.11. The van der Waals surface area contributed by atoms with Gasteiger partial charge in [-0.25, -0.2) is 0 Å². The Morgan fingerprint density at radius 2 is 1.56 bits per heavy atom. The molecule has 0 radical (unpaired) electrons. The zero-order valence-corrected chi connectivity index (χ0v) is 10.1. The van der Waals surface area contributed by atoms with E-state index in [1.54, 1.807) is 0 Å². The van der Waals surface area contributed by atoms with Gasteiger partial charge in [0.25, 0.3) is 0 Å². The van der Waals surface area contributed by atoms with Crippen LogP contribution in [0.5, 0.6) is 0 Å². The summed E-state index contributed by atoms with van der Waals surface area (Å²) in [5.41, 5.74) is 0.874. The first kappa shape index (κ1) is 11.4. The Balaban J connectivity index is 1.94. The molecule has 16 heavy (non-hydrogen) atoms. The summed E-state index contributed by atoms with van der Waals surface area (Å²) in [6, 6.07) is 9.68. The number of carbonyl (C=O) groups is 1. The molecule has 0 N–H and O–H groups in total.